The monoisotopic (exact) mass is 379 g/mol. The molecule has 0 saturated carbocycles. The molecule has 0 bridgehead atoms. The number of hydrogen-bond acceptors (Lipinski definition) is 6. The summed E-state index contributed by atoms with van der Waals surface area (Å²) in [6, 6.07) is 3.50. The van der Waals surface area contributed by atoms with Crippen molar-refractivity contribution in [3.8, 4) is 0 Å². The zero-order valence-electron chi connectivity index (χ0n) is 13.9. The quantitative estimate of drug-likeness (QED) is 0.691. The molecule has 1 aliphatic rings. The van der Waals surface area contributed by atoms with Crippen molar-refractivity contribution in [2.24, 2.45) is 0 Å². The highest BCUT2D eigenvalue weighted by molar-refractivity contribution is 7.22. The zero-order chi connectivity index (χ0) is 18.3. The van der Waals surface area contributed by atoms with Gasteiger partial charge in [-0.1, -0.05) is 16.5 Å². The van der Waals surface area contributed by atoms with E-state index in [-0.39, 0.29) is 29.1 Å². The smallest absolute Gasteiger partial charge is 0.298 e. The molecule has 136 valence electrons. The van der Waals surface area contributed by atoms with E-state index in [4.69, 9.17) is 9.26 Å². The van der Waals surface area contributed by atoms with Crippen LogP contribution in [-0.4, -0.2) is 35.3 Å². The number of aryl methyl sites for hydroxylation is 1. The zero-order valence-corrected chi connectivity index (χ0v) is 14.7. The number of anilines is 1. The summed E-state index contributed by atoms with van der Waals surface area (Å²) in [5, 5.41) is 4.00. The van der Waals surface area contributed by atoms with E-state index in [2.05, 4.69) is 10.1 Å². The van der Waals surface area contributed by atoms with Crippen LogP contribution in [-0.2, 0) is 4.74 Å². The van der Waals surface area contributed by atoms with Gasteiger partial charge in [0.2, 0.25) is 5.76 Å². The second-order valence-electron chi connectivity index (χ2n) is 6.11. The number of thiazole rings is 1. The third-order valence-corrected chi connectivity index (χ3v) is 5.15. The van der Waals surface area contributed by atoms with Gasteiger partial charge in [-0.05, 0) is 25.8 Å². The number of halogens is 2. The molecule has 4 rings (SSSR count). The second kappa shape index (κ2) is 6.73. The largest absolute Gasteiger partial charge is 0.376 e. The molecular weight excluding hydrogens is 364 g/mol. The number of aromatic nitrogens is 2. The lowest BCUT2D eigenvalue weighted by Gasteiger charge is -2.21. The molecule has 0 N–H and O–H groups in total. The van der Waals surface area contributed by atoms with E-state index in [1.165, 1.54) is 17.0 Å². The fraction of sp³-hybridized carbons (Fsp3) is 0.353. The molecule has 1 amide bonds. The lowest BCUT2D eigenvalue weighted by Crippen LogP contribution is -2.37. The lowest BCUT2D eigenvalue weighted by molar-refractivity contribution is 0.0887. The maximum absolute atomic E-state index is 14.0. The van der Waals surface area contributed by atoms with Gasteiger partial charge in [0, 0.05) is 18.7 Å². The van der Waals surface area contributed by atoms with E-state index >= 15 is 0 Å². The van der Waals surface area contributed by atoms with Crippen molar-refractivity contribution in [3.05, 3.63) is 41.3 Å². The summed E-state index contributed by atoms with van der Waals surface area (Å²) in [6.07, 6.45) is 1.58. The summed E-state index contributed by atoms with van der Waals surface area (Å²) in [5.74, 6) is -1.83. The summed E-state index contributed by atoms with van der Waals surface area (Å²) in [7, 11) is 0. The van der Waals surface area contributed by atoms with Gasteiger partial charge in [0.25, 0.3) is 5.91 Å². The molecule has 3 heterocycles. The number of fused-ring (bicyclic) bond motifs is 1. The number of benzene rings is 1. The first-order chi connectivity index (χ1) is 12.5. The minimum atomic E-state index is -0.762. The normalized spacial score (nSPS) is 17.1. The highest BCUT2D eigenvalue weighted by atomic mass is 32.1. The summed E-state index contributed by atoms with van der Waals surface area (Å²) in [4.78, 5) is 18.5. The number of hydrogen-bond donors (Lipinski definition) is 0. The SMILES string of the molecule is Cc1cc(C(=O)N(CC2CCCO2)c2nc3c(F)cc(F)cc3s2)on1. The highest BCUT2D eigenvalue weighted by Gasteiger charge is 2.29. The molecule has 3 aromatic rings. The summed E-state index contributed by atoms with van der Waals surface area (Å²) in [5.41, 5.74) is 0.605. The average molecular weight is 379 g/mol. The maximum atomic E-state index is 14.0. The predicted molar refractivity (Wildman–Crippen MR) is 91.4 cm³/mol. The van der Waals surface area contributed by atoms with Crippen LogP contribution in [0.3, 0.4) is 0 Å². The van der Waals surface area contributed by atoms with Gasteiger partial charge in [-0.3, -0.25) is 9.69 Å². The van der Waals surface area contributed by atoms with E-state index in [1.54, 1.807) is 6.92 Å². The van der Waals surface area contributed by atoms with Crippen molar-refractivity contribution in [2.75, 3.05) is 18.1 Å². The molecule has 1 unspecified atom stereocenters. The molecule has 0 radical (unpaired) electrons. The Kier molecular flexibility index (Phi) is 4.41. The highest BCUT2D eigenvalue weighted by Crippen LogP contribution is 2.32. The van der Waals surface area contributed by atoms with Crippen molar-refractivity contribution in [1.82, 2.24) is 10.1 Å². The van der Waals surface area contributed by atoms with Crippen molar-refractivity contribution in [3.63, 3.8) is 0 Å². The first-order valence-corrected chi connectivity index (χ1v) is 8.95. The van der Waals surface area contributed by atoms with Gasteiger partial charge >= 0.3 is 0 Å². The van der Waals surface area contributed by atoms with Crippen LogP contribution in [0.2, 0.25) is 0 Å². The maximum Gasteiger partial charge on any atom is 0.298 e. The molecule has 1 aromatic carbocycles. The Labute approximate surface area is 151 Å². The van der Waals surface area contributed by atoms with Gasteiger partial charge in [-0.2, -0.15) is 0 Å². The molecule has 0 spiro atoms. The van der Waals surface area contributed by atoms with Crippen molar-refractivity contribution in [2.45, 2.75) is 25.9 Å². The Hall–Kier alpha value is -2.39. The number of rotatable bonds is 4. The van der Waals surface area contributed by atoms with Gasteiger partial charge in [0.05, 0.1) is 23.0 Å². The third-order valence-electron chi connectivity index (χ3n) is 4.13. The number of ether oxygens (including phenoxy) is 1. The molecule has 1 fully saturated rings. The van der Waals surface area contributed by atoms with Crippen LogP contribution in [0.4, 0.5) is 13.9 Å². The molecule has 1 saturated heterocycles. The van der Waals surface area contributed by atoms with Crippen LogP contribution in [0.5, 0.6) is 0 Å². The van der Waals surface area contributed by atoms with E-state index < -0.39 is 17.5 Å². The second-order valence-corrected chi connectivity index (χ2v) is 7.12. The van der Waals surface area contributed by atoms with Crippen molar-refractivity contribution in [1.29, 1.82) is 0 Å². The fourth-order valence-corrected chi connectivity index (χ4v) is 3.91. The number of carbonyl (C=O) groups excluding carboxylic acids is 1. The minimum Gasteiger partial charge on any atom is -0.376 e. The Morgan fingerprint density at radius 1 is 1.38 bits per heavy atom. The topological polar surface area (TPSA) is 68.5 Å². The molecule has 26 heavy (non-hydrogen) atoms. The van der Waals surface area contributed by atoms with Crippen LogP contribution in [0.25, 0.3) is 10.2 Å². The Morgan fingerprint density at radius 3 is 2.92 bits per heavy atom. The van der Waals surface area contributed by atoms with Crippen molar-refractivity contribution < 1.29 is 22.8 Å². The molecule has 2 aromatic heterocycles. The number of carbonyl (C=O) groups is 1. The van der Waals surface area contributed by atoms with E-state index in [0.29, 0.717) is 17.0 Å². The van der Waals surface area contributed by atoms with E-state index in [1.807, 2.05) is 0 Å². The van der Waals surface area contributed by atoms with Crippen LogP contribution in [0.15, 0.2) is 22.7 Å². The van der Waals surface area contributed by atoms with Gasteiger partial charge < -0.3 is 9.26 Å². The molecular formula is C17H15F2N3O3S. The molecule has 1 aliphatic heterocycles. The third kappa shape index (κ3) is 3.19. The number of nitrogens with zero attached hydrogens (tertiary/aromatic N) is 3. The van der Waals surface area contributed by atoms with Gasteiger partial charge in [-0.15, -0.1) is 0 Å². The minimum absolute atomic E-state index is 0.0327. The van der Waals surface area contributed by atoms with Gasteiger partial charge in [0.15, 0.2) is 10.9 Å². The summed E-state index contributed by atoms with van der Waals surface area (Å²) >= 11 is 1.04. The molecule has 1 atom stereocenters. The lowest BCUT2D eigenvalue weighted by atomic mass is 10.2. The predicted octanol–water partition coefficient (Wildman–Crippen LogP) is 3.70. The first-order valence-electron chi connectivity index (χ1n) is 8.13. The summed E-state index contributed by atoms with van der Waals surface area (Å²) in [6.45, 7) is 2.59. The van der Waals surface area contributed by atoms with Crippen LogP contribution >= 0.6 is 11.3 Å². The van der Waals surface area contributed by atoms with Gasteiger partial charge in [-0.25, -0.2) is 13.8 Å². The summed E-state index contributed by atoms with van der Waals surface area (Å²) < 4.78 is 38.5. The molecule has 0 aliphatic carbocycles. The van der Waals surface area contributed by atoms with Crippen LogP contribution in [0.1, 0.15) is 29.1 Å². The Balaban J connectivity index is 1.74. The van der Waals surface area contributed by atoms with Crippen LogP contribution in [0, 0.1) is 18.6 Å². The Bertz CT molecular complexity index is 965. The average Bonchev–Trinajstić information content (AvgIpc) is 3.32. The molecule has 9 heteroatoms. The van der Waals surface area contributed by atoms with Gasteiger partial charge in [0.1, 0.15) is 11.3 Å². The number of amides is 1. The van der Waals surface area contributed by atoms with E-state index in [0.717, 1.165) is 30.2 Å². The fourth-order valence-electron chi connectivity index (χ4n) is 2.90. The molecule has 6 nitrogen and oxygen atoms in total. The van der Waals surface area contributed by atoms with Crippen LogP contribution < -0.4 is 4.90 Å². The first kappa shape index (κ1) is 17.0. The standard InChI is InChI=1S/C17H15F2N3O3S/c1-9-5-13(25-21-9)16(23)22(8-11-3-2-4-24-11)17-20-15-12(19)6-10(18)7-14(15)26-17/h5-7,11H,2-4,8H2,1H3. The van der Waals surface area contributed by atoms with E-state index in [9.17, 15) is 13.6 Å². The Morgan fingerprint density at radius 2 is 2.23 bits per heavy atom. The van der Waals surface area contributed by atoms with Crippen molar-refractivity contribution >= 4 is 32.6 Å².